The van der Waals surface area contributed by atoms with Gasteiger partial charge >= 0.3 is 0 Å². The van der Waals surface area contributed by atoms with Crippen LogP contribution in [-0.2, 0) is 14.8 Å². The summed E-state index contributed by atoms with van der Waals surface area (Å²) >= 11 is 1.24. The Morgan fingerprint density at radius 3 is 2.45 bits per heavy atom. The molecule has 1 aromatic rings. The molecule has 1 atom stereocenters. The molecule has 1 aliphatic heterocycles. The Balaban J connectivity index is 2.11. The van der Waals surface area contributed by atoms with Crippen molar-refractivity contribution in [3.05, 3.63) is 17.0 Å². The minimum absolute atomic E-state index is 0.00689. The van der Waals surface area contributed by atoms with Crippen molar-refractivity contribution < 1.29 is 13.2 Å². The molecule has 1 amide bonds. The van der Waals surface area contributed by atoms with Gasteiger partial charge in [-0.25, -0.2) is 13.1 Å². The molecule has 5 nitrogen and oxygen atoms in total. The summed E-state index contributed by atoms with van der Waals surface area (Å²) in [7, 11) is -3.53. The van der Waals surface area contributed by atoms with Crippen molar-refractivity contribution in [1.82, 2.24) is 9.62 Å². The van der Waals surface area contributed by atoms with Crippen LogP contribution in [0.2, 0.25) is 0 Å². The summed E-state index contributed by atoms with van der Waals surface area (Å²) in [4.78, 5) is 14.6. The number of carbonyl (C=O) groups is 1. The van der Waals surface area contributed by atoms with Gasteiger partial charge in [-0.1, -0.05) is 0 Å². The summed E-state index contributed by atoms with van der Waals surface area (Å²) in [5.74, 6) is -0.00689. The van der Waals surface area contributed by atoms with Gasteiger partial charge in [0.05, 0.1) is 0 Å². The Bertz CT molecular complexity index is 614. The lowest BCUT2D eigenvalue weighted by atomic mass is 10.1. The number of amides is 1. The molecular weight excluding hydrogens is 296 g/mol. The van der Waals surface area contributed by atoms with E-state index in [0.29, 0.717) is 10.8 Å². The SMILES string of the molecule is Cc1ccc(S(=O)(=O)NC2CC(=O)N(C(C)(C)C)C2)s1. The third-order valence-electron chi connectivity index (χ3n) is 3.24. The van der Waals surface area contributed by atoms with Crippen LogP contribution < -0.4 is 4.72 Å². The van der Waals surface area contributed by atoms with Gasteiger partial charge in [0.25, 0.3) is 0 Å². The molecule has 2 rings (SSSR count). The van der Waals surface area contributed by atoms with Crippen LogP contribution in [-0.4, -0.2) is 37.4 Å². The molecule has 0 saturated carbocycles. The zero-order valence-electron chi connectivity index (χ0n) is 12.1. The van der Waals surface area contributed by atoms with Crippen molar-refractivity contribution in [1.29, 1.82) is 0 Å². The maximum atomic E-state index is 12.2. The average Bonchev–Trinajstić information content (AvgIpc) is 2.84. The smallest absolute Gasteiger partial charge is 0.250 e. The zero-order chi connectivity index (χ0) is 15.1. The Morgan fingerprint density at radius 1 is 1.35 bits per heavy atom. The number of aryl methyl sites for hydroxylation is 1. The van der Waals surface area contributed by atoms with E-state index >= 15 is 0 Å². The molecule has 1 aliphatic rings. The van der Waals surface area contributed by atoms with Crippen molar-refractivity contribution in [2.75, 3.05) is 6.54 Å². The van der Waals surface area contributed by atoms with Crippen molar-refractivity contribution in [3.63, 3.8) is 0 Å². The lowest BCUT2D eigenvalue weighted by Crippen LogP contribution is -2.44. The average molecular weight is 316 g/mol. The number of sulfonamides is 1. The van der Waals surface area contributed by atoms with Gasteiger partial charge in [0.15, 0.2) is 0 Å². The largest absolute Gasteiger partial charge is 0.336 e. The van der Waals surface area contributed by atoms with E-state index in [1.165, 1.54) is 11.3 Å². The van der Waals surface area contributed by atoms with Gasteiger partial charge < -0.3 is 4.90 Å². The monoisotopic (exact) mass is 316 g/mol. The van der Waals surface area contributed by atoms with Crippen LogP contribution in [0.3, 0.4) is 0 Å². The van der Waals surface area contributed by atoms with Crippen molar-refractivity contribution >= 4 is 27.3 Å². The fraction of sp³-hybridized carbons (Fsp3) is 0.615. The first-order chi connectivity index (χ1) is 9.09. The van der Waals surface area contributed by atoms with Crippen molar-refractivity contribution in [2.45, 2.75) is 49.9 Å². The zero-order valence-corrected chi connectivity index (χ0v) is 13.8. The molecule has 1 fully saturated rings. The molecule has 1 aromatic heterocycles. The molecule has 1 unspecified atom stereocenters. The number of hydrogen-bond donors (Lipinski definition) is 1. The van der Waals surface area contributed by atoms with Gasteiger partial charge in [-0.2, -0.15) is 0 Å². The van der Waals surface area contributed by atoms with Crippen molar-refractivity contribution in [2.24, 2.45) is 0 Å². The summed E-state index contributed by atoms with van der Waals surface area (Å²) in [6.07, 6.45) is 0.223. The summed E-state index contributed by atoms with van der Waals surface area (Å²) in [5.41, 5.74) is -0.281. The van der Waals surface area contributed by atoms with E-state index in [-0.39, 0.29) is 23.9 Å². The Hall–Kier alpha value is -0.920. The number of nitrogens with zero attached hydrogens (tertiary/aromatic N) is 1. The second kappa shape index (κ2) is 5.13. The maximum Gasteiger partial charge on any atom is 0.250 e. The standard InChI is InChI=1S/C13H20N2O3S2/c1-9-5-6-12(19-9)20(17,18)14-10-7-11(16)15(8-10)13(2,3)4/h5-6,10,14H,7-8H2,1-4H3. The predicted octanol–water partition coefficient (Wildman–Crippen LogP) is 1.73. The Kier molecular flexibility index (Phi) is 3.96. The van der Waals surface area contributed by atoms with Gasteiger partial charge in [0, 0.05) is 29.4 Å². The number of nitrogens with one attached hydrogen (secondary N) is 1. The van der Waals surface area contributed by atoms with E-state index in [2.05, 4.69) is 4.72 Å². The molecule has 1 N–H and O–H groups in total. The summed E-state index contributed by atoms with van der Waals surface area (Å²) in [6.45, 7) is 8.13. The predicted molar refractivity (Wildman–Crippen MR) is 79.2 cm³/mol. The third kappa shape index (κ3) is 3.21. The normalized spacial score (nSPS) is 20.7. The highest BCUT2D eigenvalue weighted by atomic mass is 32.2. The second-order valence-corrected chi connectivity index (χ2v) is 9.29. The Labute approximate surface area is 124 Å². The van der Waals surface area contributed by atoms with Crippen LogP contribution in [0, 0.1) is 6.92 Å². The fourth-order valence-electron chi connectivity index (χ4n) is 2.27. The second-order valence-electron chi connectivity index (χ2n) is 6.06. The third-order valence-corrected chi connectivity index (χ3v) is 6.25. The Morgan fingerprint density at radius 2 is 2.00 bits per heavy atom. The van der Waals surface area contributed by atoms with Crippen LogP contribution in [0.1, 0.15) is 32.1 Å². The van der Waals surface area contributed by atoms with E-state index in [9.17, 15) is 13.2 Å². The lowest BCUT2D eigenvalue weighted by Gasteiger charge is -2.32. The quantitative estimate of drug-likeness (QED) is 0.923. The van der Waals surface area contributed by atoms with Gasteiger partial charge in [-0.3, -0.25) is 4.79 Å². The minimum atomic E-state index is -3.53. The highest BCUT2D eigenvalue weighted by Gasteiger charge is 2.38. The number of carbonyl (C=O) groups excluding carboxylic acids is 1. The molecule has 0 aromatic carbocycles. The maximum absolute atomic E-state index is 12.2. The first-order valence-corrected chi connectivity index (χ1v) is 8.79. The summed E-state index contributed by atoms with van der Waals surface area (Å²) in [5, 5.41) is 0. The fourth-order valence-corrected chi connectivity index (χ4v) is 4.80. The van der Waals surface area contributed by atoms with Gasteiger partial charge in [0.2, 0.25) is 15.9 Å². The topological polar surface area (TPSA) is 66.5 Å². The molecule has 0 spiro atoms. The highest BCUT2D eigenvalue weighted by Crippen LogP contribution is 2.25. The van der Waals surface area contributed by atoms with Crippen molar-refractivity contribution in [3.8, 4) is 0 Å². The lowest BCUT2D eigenvalue weighted by molar-refractivity contribution is -0.131. The molecular formula is C13H20N2O3S2. The van der Waals surface area contributed by atoms with E-state index in [0.717, 1.165) is 4.88 Å². The van der Waals surface area contributed by atoms with Gasteiger partial charge in [-0.15, -0.1) is 11.3 Å². The molecule has 2 heterocycles. The van der Waals surface area contributed by atoms with Crippen LogP contribution >= 0.6 is 11.3 Å². The number of rotatable bonds is 3. The number of likely N-dealkylation sites (tertiary alicyclic amines) is 1. The molecule has 0 aliphatic carbocycles. The molecule has 20 heavy (non-hydrogen) atoms. The van der Waals surface area contributed by atoms with Crippen LogP contribution in [0.15, 0.2) is 16.3 Å². The van der Waals surface area contributed by atoms with Crippen LogP contribution in [0.4, 0.5) is 0 Å². The molecule has 1 saturated heterocycles. The van der Waals surface area contributed by atoms with Crippen LogP contribution in [0.25, 0.3) is 0 Å². The first-order valence-electron chi connectivity index (χ1n) is 6.49. The van der Waals surface area contributed by atoms with Gasteiger partial charge in [0.1, 0.15) is 4.21 Å². The van der Waals surface area contributed by atoms with Crippen LogP contribution in [0.5, 0.6) is 0 Å². The molecule has 7 heteroatoms. The molecule has 112 valence electrons. The molecule has 0 radical (unpaired) electrons. The van der Waals surface area contributed by atoms with E-state index in [4.69, 9.17) is 0 Å². The molecule has 0 bridgehead atoms. The minimum Gasteiger partial charge on any atom is -0.336 e. The van der Waals surface area contributed by atoms with E-state index in [1.54, 1.807) is 17.0 Å². The summed E-state index contributed by atoms with van der Waals surface area (Å²) < 4.78 is 27.4. The first kappa shape index (κ1) is 15.5. The summed E-state index contributed by atoms with van der Waals surface area (Å²) in [6, 6.07) is 3.02. The highest BCUT2D eigenvalue weighted by molar-refractivity contribution is 7.91. The van der Waals surface area contributed by atoms with Gasteiger partial charge in [-0.05, 0) is 39.8 Å². The number of hydrogen-bond acceptors (Lipinski definition) is 4. The number of thiophene rings is 1. The van der Waals surface area contributed by atoms with E-state index in [1.807, 2.05) is 27.7 Å². The van der Waals surface area contributed by atoms with E-state index < -0.39 is 10.0 Å².